The van der Waals surface area contributed by atoms with Crippen molar-refractivity contribution in [1.29, 1.82) is 0 Å². The number of nitrogens with zero attached hydrogens (tertiary/aromatic N) is 2. The lowest BCUT2D eigenvalue weighted by atomic mass is 9.78. The molecule has 2 saturated heterocycles. The Balaban J connectivity index is 1.48. The summed E-state index contributed by atoms with van der Waals surface area (Å²) in [4.78, 5) is 19.1. The van der Waals surface area contributed by atoms with Crippen LogP contribution in [0.4, 0.5) is 5.00 Å². The van der Waals surface area contributed by atoms with Crippen LogP contribution in [-0.4, -0.2) is 49.7 Å². The van der Waals surface area contributed by atoms with Crippen molar-refractivity contribution in [1.82, 2.24) is 4.90 Å². The molecule has 2 aromatic rings. The Morgan fingerprint density at radius 1 is 0.966 bits per heavy atom. The summed E-state index contributed by atoms with van der Waals surface area (Å²) in [6.45, 7) is 4.22. The summed E-state index contributed by atoms with van der Waals surface area (Å²) >= 11 is 1.68. The van der Waals surface area contributed by atoms with Crippen molar-refractivity contribution in [2.75, 3.05) is 37.7 Å². The summed E-state index contributed by atoms with van der Waals surface area (Å²) in [5.74, 6) is 0.969. The Labute approximate surface area is 177 Å². The van der Waals surface area contributed by atoms with Crippen molar-refractivity contribution in [2.45, 2.75) is 44.6 Å². The molecule has 0 radical (unpaired) electrons. The van der Waals surface area contributed by atoms with Gasteiger partial charge in [-0.3, -0.25) is 4.79 Å². The first-order valence-corrected chi connectivity index (χ1v) is 12.0. The fraction of sp³-hybridized carbons (Fsp3) is 0.542. The molecule has 3 fully saturated rings. The molecule has 0 unspecified atom stereocenters. The summed E-state index contributed by atoms with van der Waals surface area (Å²) in [5.41, 5.74) is 2.39. The number of thiophene rings is 1. The number of carbonyl (C=O) groups excluding carboxylic acids is 1. The van der Waals surface area contributed by atoms with Gasteiger partial charge in [0.2, 0.25) is 0 Å². The maximum absolute atomic E-state index is 13.6. The molecular weight excluding hydrogens is 380 g/mol. The number of carbonyl (C=O) groups is 1. The first kappa shape index (κ1) is 19.1. The zero-order valence-electron chi connectivity index (χ0n) is 17.0. The van der Waals surface area contributed by atoms with Crippen LogP contribution in [0.3, 0.4) is 0 Å². The number of benzene rings is 1. The molecule has 154 valence electrons. The zero-order chi connectivity index (χ0) is 19.6. The van der Waals surface area contributed by atoms with E-state index in [9.17, 15) is 4.79 Å². The molecule has 5 heteroatoms. The predicted octanol–water partition coefficient (Wildman–Crippen LogP) is 5.05. The predicted molar refractivity (Wildman–Crippen MR) is 119 cm³/mol. The molecule has 1 aliphatic carbocycles. The van der Waals surface area contributed by atoms with Crippen molar-refractivity contribution in [2.24, 2.45) is 5.92 Å². The second-order valence-electron chi connectivity index (χ2n) is 8.55. The standard InChI is InChI=1S/C24H30N2O2S/c27-23(26-12-6-10-19-9-4-5-11-21(19)26)22-17-20(18-7-2-1-3-8-18)24(29-22)25-13-15-28-16-14-25/h1-3,7-8,17,19,21H,4-6,9-16H2/t19-,21+/m0/s1. The molecule has 2 aliphatic heterocycles. The number of hydrogen-bond donors (Lipinski definition) is 0. The Bertz CT molecular complexity index is 842. The largest absolute Gasteiger partial charge is 0.378 e. The summed E-state index contributed by atoms with van der Waals surface area (Å²) in [5, 5.41) is 1.22. The van der Waals surface area contributed by atoms with Crippen LogP contribution in [0.15, 0.2) is 36.4 Å². The molecule has 1 aromatic carbocycles. The molecule has 0 bridgehead atoms. The van der Waals surface area contributed by atoms with Gasteiger partial charge in [0.1, 0.15) is 0 Å². The second-order valence-corrected chi connectivity index (χ2v) is 9.58. The van der Waals surface area contributed by atoms with Gasteiger partial charge in [0, 0.05) is 31.2 Å². The van der Waals surface area contributed by atoms with E-state index in [2.05, 4.69) is 40.1 Å². The number of morpholine rings is 1. The molecule has 1 amide bonds. The summed E-state index contributed by atoms with van der Waals surface area (Å²) in [7, 11) is 0. The van der Waals surface area contributed by atoms with E-state index in [0.717, 1.165) is 44.1 Å². The van der Waals surface area contributed by atoms with E-state index >= 15 is 0 Å². The average molecular weight is 411 g/mol. The van der Waals surface area contributed by atoms with Crippen molar-refractivity contribution >= 4 is 22.2 Å². The number of piperidine rings is 1. The van der Waals surface area contributed by atoms with Gasteiger partial charge in [0.25, 0.3) is 5.91 Å². The molecule has 0 N–H and O–H groups in total. The van der Waals surface area contributed by atoms with Gasteiger partial charge in [-0.25, -0.2) is 0 Å². The van der Waals surface area contributed by atoms with Gasteiger partial charge in [-0.15, -0.1) is 11.3 Å². The third-order valence-corrected chi connectivity index (χ3v) is 7.99. The fourth-order valence-electron chi connectivity index (χ4n) is 5.33. The summed E-state index contributed by atoms with van der Waals surface area (Å²) < 4.78 is 5.56. The first-order chi connectivity index (χ1) is 14.3. The van der Waals surface area contributed by atoms with Crippen LogP contribution < -0.4 is 4.90 Å². The lowest BCUT2D eigenvalue weighted by Crippen LogP contribution is -2.49. The van der Waals surface area contributed by atoms with Crippen molar-refractivity contribution in [3.05, 3.63) is 41.3 Å². The highest BCUT2D eigenvalue weighted by Crippen LogP contribution is 2.42. The topological polar surface area (TPSA) is 32.8 Å². The van der Waals surface area contributed by atoms with Crippen LogP contribution in [0.5, 0.6) is 0 Å². The second kappa shape index (κ2) is 8.49. The van der Waals surface area contributed by atoms with Crippen LogP contribution in [0.2, 0.25) is 0 Å². The molecule has 1 saturated carbocycles. The van der Waals surface area contributed by atoms with Crippen LogP contribution >= 0.6 is 11.3 Å². The number of rotatable bonds is 3. The van der Waals surface area contributed by atoms with Crippen LogP contribution in [0.25, 0.3) is 11.1 Å². The third kappa shape index (κ3) is 3.82. The highest BCUT2D eigenvalue weighted by atomic mass is 32.1. The molecule has 0 spiro atoms. The van der Waals surface area contributed by atoms with E-state index < -0.39 is 0 Å². The maximum atomic E-state index is 13.6. The third-order valence-electron chi connectivity index (χ3n) is 6.81. The number of amides is 1. The van der Waals surface area contributed by atoms with Gasteiger partial charge in [-0.05, 0) is 43.2 Å². The van der Waals surface area contributed by atoms with Gasteiger partial charge in [0.05, 0.1) is 23.1 Å². The Morgan fingerprint density at radius 3 is 2.55 bits per heavy atom. The molecule has 2 atom stereocenters. The summed E-state index contributed by atoms with van der Waals surface area (Å²) in [6, 6.07) is 13.1. The van der Waals surface area contributed by atoms with E-state index in [1.54, 1.807) is 11.3 Å². The fourth-order valence-corrected chi connectivity index (χ4v) is 6.52. The molecule has 1 aromatic heterocycles. The monoisotopic (exact) mass is 410 g/mol. The normalized spacial score (nSPS) is 25.0. The number of anilines is 1. The quantitative estimate of drug-likeness (QED) is 0.710. The van der Waals surface area contributed by atoms with E-state index in [0.29, 0.717) is 12.0 Å². The Morgan fingerprint density at radius 2 is 1.72 bits per heavy atom. The molecule has 3 aliphatic rings. The van der Waals surface area contributed by atoms with E-state index in [4.69, 9.17) is 4.74 Å². The summed E-state index contributed by atoms with van der Waals surface area (Å²) in [6.07, 6.45) is 7.54. The molecule has 29 heavy (non-hydrogen) atoms. The minimum atomic E-state index is 0.253. The molecule has 4 nitrogen and oxygen atoms in total. The van der Waals surface area contributed by atoms with Gasteiger partial charge in [0.15, 0.2) is 0 Å². The van der Waals surface area contributed by atoms with Crippen LogP contribution in [-0.2, 0) is 4.74 Å². The molecule has 3 heterocycles. The number of ether oxygens (including phenoxy) is 1. The Hall–Kier alpha value is -1.85. The van der Waals surface area contributed by atoms with E-state index in [1.807, 2.05) is 6.07 Å². The zero-order valence-corrected chi connectivity index (χ0v) is 17.8. The average Bonchev–Trinajstić information content (AvgIpc) is 3.25. The van der Waals surface area contributed by atoms with Crippen LogP contribution in [0.1, 0.15) is 48.2 Å². The minimum Gasteiger partial charge on any atom is -0.378 e. The maximum Gasteiger partial charge on any atom is 0.264 e. The minimum absolute atomic E-state index is 0.253. The van der Waals surface area contributed by atoms with Gasteiger partial charge < -0.3 is 14.5 Å². The lowest BCUT2D eigenvalue weighted by molar-refractivity contribution is 0.0395. The Kier molecular flexibility index (Phi) is 5.60. The molecule has 5 rings (SSSR count). The van der Waals surface area contributed by atoms with Gasteiger partial charge in [-0.2, -0.15) is 0 Å². The highest BCUT2D eigenvalue weighted by molar-refractivity contribution is 7.18. The van der Waals surface area contributed by atoms with Gasteiger partial charge >= 0.3 is 0 Å². The molecular formula is C24H30N2O2S. The van der Waals surface area contributed by atoms with Crippen molar-refractivity contribution in [3.63, 3.8) is 0 Å². The van der Waals surface area contributed by atoms with Crippen molar-refractivity contribution in [3.8, 4) is 11.1 Å². The smallest absolute Gasteiger partial charge is 0.264 e. The van der Waals surface area contributed by atoms with Gasteiger partial charge in [-0.1, -0.05) is 43.2 Å². The number of fused-ring (bicyclic) bond motifs is 1. The first-order valence-electron chi connectivity index (χ1n) is 11.1. The van der Waals surface area contributed by atoms with Crippen LogP contribution in [0, 0.1) is 5.92 Å². The van der Waals surface area contributed by atoms with E-state index in [1.165, 1.54) is 48.2 Å². The SMILES string of the molecule is O=C(c1cc(-c2ccccc2)c(N2CCOCC2)s1)N1CCC[C@@H]2CCCC[C@H]21. The lowest BCUT2D eigenvalue weighted by Gasteiger charge is -2.44. The number of likely N-dealkylation sites (tertiary alicyclic amines) is 1. The van der Waals surface area contributed by atoms with Crippen molar-refractivity contribution < 1.29 is 9.53 Å². The highest BCUT2D eigenvalue weighted by Gasteiger charge is 2.37. The van der Waals surface area contributed by atoms with E-state index in [-0.39, 0.29) is 5.91 Å². The number of hydrogen-bond acceptors (Lipinski definition) is 4.